The van der Waals surface area contributed by atoms with E-state index >= 15 is 0 Å². The van der Waals surface area contributed by atoms with Gasteiger partial charge in [0.15, 0.2) is 9.53 Å². The third-order valence-electron chi connectivity index (χ3n) is 4.27. The Morgan fingerprint density at radius 1 is 1.21 bits per heavy atom. The van der Waals surface area contributed by atoms with Crippen LogP contribution in [0.2, 0.25) is 0 Å². The van der Waals surface area contributed by atoms with Gasteiger partial charge in [0.05, 0.1) is 21.8 Å². The van der Waals surface area contributed by atoms with Gasteiger partial charge < -0.3 is 15.0 Å². The van der Waals surface area contributed by atoms with Crippen LogP contribution in [0.5, 0.6) is 0 Å². The number of rotatable bonds is 4. The molecule has 2 N–H and O–H groups in total. The Bertz CT molecular complexity index is 1250. The largest absolute Gasteiger partial charge is 0.506 e. The number of carbonyl (C=O) groups is 1. The summed E-state index contributed by atoms with van der Waals surface area (Å²) in [6, 6.07) is 15.0. The lowest BCUT2D eigenvalue weighted by molar-refractivity contribution is -0.115. The van der Waals surface area contributed by atoms with Crippen LogP contribution in [0.4, 0.5) is 5.69 Å². The Morgan fingerprint density at radius 2 is 1.90 bits per heavy atom. The van der Waals surface area contributed by atoms with E-state index < -0.39 is 11.7 Å². The van der Waals surface area contributed by atoms with Crippen molar-refractivity contribution in [3.63, 3.8) is 0 Å². The van der Waals surface area contributed by atoms with Gasteiger partial charge in [-0.25, -0.2) is 0 Å². The second kappa shape index (κ2) is 8.27. The molecular formula is C21H16N4O2S2. The molecule has 0 aliphatic rings. The maximum Gasteiger partial charge on any atom is 0.273 e. The van der Waals surface area contributed by atoms with Crippen molar-refractivity contribution in [2.75, 3.05) is 4.90 Å². The number of benzene rings is 2. The van der Waals surface area contributed by atoms with Crippen LogP contribution in [0.15, 0.2) is 48.0 Å². The summed E-state index contributed by atoms with van der Waals surface area (Å²) in [4.78, 5) is 17.7. The van der Waals surface area contributed by atoms with Crippen molar-refractivity contribution < 1.29 is 9.90 Å². The monoisotopic (exact) mass is 420 g/mol. The van der Waals surface area contributed by atoms with Gasteiger partial charge in [0.25, 0.3) is 5.91 Å². The van der Waals surface area contributed by atoms with Gasteiger partial charge in [-0.1, -0.05) is 0 Å². The second-order valence-electron chi connectivity index (χ2n) is 6.49. The van der Waals surface area contributed by atoms with Crippen LogP contribution in [0, 0.1) is 26.6 Å². The molecule has 0 saturated heterocycles. The van der Waals surface area contributed by atoms with E-state index in [1.165, 1.54) is 40.5 Å². The maximum atomic E-state index is 13.2. The molecule has 3 aromatic rings. The first-order valence-electron chi connectivity index (χ1n) is 8.66. The topological polar surface area (TPSA) is 104 Å². The van der Waals surface area contributed by atoms with Crippen molar-refractivity contribution in [2.45, 2.75) is 19.9 Å². The smallest absolute Gasteiger partial charge is 0.273 e. The number of aliphatic hydroxyl groups excluding tert-OH is 1. The number of nitrogens with zero attached hydrogens (tertiary/aromatic N) is 3. The number of aromatic amines is 1. The number of hydrogen-bond donors (Lipinski definition) is 2. The quantitative estimate of drug-likeness (QED) is 0.266. The number of nitriles is 2. The summed E-state index contributed by atoms with van der Waals surface area (Å²) < 4.78 is 1.53. The minimum atomic E-state index is -0.608. The highest BCUT2D eigenvalue weighted by Crippen LogP contribution is 2.28. The SMILES string of the molecule is CC(C)N(C(=O)/C(C#N)=C(/O)c1ccc(C#N)cc1)c1ccc2[nH]c(=S)sc2c1. The summed E-state index contributed by atoms with van der Waals surface area (Å²) in [5.41, 5.74) is 1.80. The van der Waals surface area contributed by atoms with Gasteiger partial charge in [0.1, 0.15) is 11.8 Å². The van der Waals surface area contributed by atoms with Crippen molar-refractivity contribution in [1.82, 2.24) is 4.98 Å². The third-order valence-corrected chi connectivity index (χ3v) is 5.47. The number of amides is 1. The Kier molecular flexibility index (Phi) is 5.79. The number of H-pyrrole nitrogens is 1. The summed E-state index contributed by atoms with van der Waals surface area (Å²) >= 11 is 6.57. The zero-order valence-electron chi connectivity index (χ0n) is 15.6. The first-order valence-corrected chi connectivity index (χ1v) is 9.88. The molecule has 0 spiro atoms. The normalized spacial score (nSPS) is 11.6. The fourth-order valence-corrected chi connectivity index (χ4v) is 4.05. The predicted octanol–water partition coefficient (Wildman–Crippen LogP) is 5.06. The predicted molar refractivity (Wildman–Crippen MR) is 116 cm³/mol. The van der Waals surface area contributed by atoms with Crippen LogP contribution in [0.25, 0.3) is 16.0 Å². The van der Waals surface area contributed by atoms with Crippen molar-refractivity contribution in [3.8, 4) is 12.1 Å². The average Bonchev–Trinajstić information content (AvgIpc) is 3.07. The number of aromatic nitrogens is 1. The summed E-state index contributed by atoms with van der Waals surface area (Å²) in [5, 5.41) is 29.1. The molecule has 1 heterocycles. The molecular weight excluding hydrogens is 404 g/mol. The number of aliphatic hydroxyl groups is 1. The van der Waals surface area contributed by atoms with Gasteiger partial charge in [0, 0.05) is 17.3 Å². The van der Waals surface area contributed by atoms with E-state index in [1.54, 1.807) is 6.07 Å². The van der Waals surface area contributed by atoms with E-state index in [4.69, 9.17) is 17.5 Å². The Balaban J connectivity index is 2.07. The van der Waals surface area contributed by atoms with Gasteiger partial charge in [-0.3, -0.25) is 4.79 Å². The molecule has 2 aromatic carbocycles. The number of hydrogen-bond acceptors (Lipinski definition) is 6. The van der Waals surface area contributed by atoms with Crippen LogP contribution < -0.4 is 4.90 Å². The Hall–Kier alpha value is -3.46. The lowest BCUT2D eigenvalue weighted by atomic mass is 10.1. The van der Waals surface area contributed by atoms with E-state index in [1.807, 2.05) is 38.1 Å². The van der Waals surface area contributed by atoms with E-state index in [0.29, 0.717) is 15.2 Å². The van der Waals surface area contributed by atoms with Crippen LogP contribution in [0.3, 0.4) is 0 Å². The van der Waals surface area contributed by atoms with E-state index in [-0.39, 0.29) is 17.2 Å². The lowest BCUT2D eigenvalue weighted by Gasteiger charge is -2.27. The standard InChI is InChI=1S/C21H16N4O2S2/c1-12(2)25(15-7-8-17-18(9-15)29-21(28)24-17)20(27)16(11-23)19(26)14-5-3-13(10-22)4-6-14/h3-9,12,26H,1-2H3,(H,24,28)/b19-16+. The molecule has 29 heavy (non-hydrogen) atoms. The molecule has 0 aliphatic carbocycles. The molecule has 0 atom stereocenters. The second-order valence-corrected chi connectivity index (χ2v) is 8.21. The first-order chi connectivity index (χ1) is 13.8. The molecule has 144 valence electrons. The number of anilines is 1. The highest BCUT2D eigenvalue weighted by Gasteiger charge is 2.26. The molecule has 0 aliphatic heterocycles. The van der Waals surface area contributed by atoms with Crippen molar-refractivity contribution in [2.24, 2.45) is 0 Å². The summed E-state index contributed by atoms with van der Waals surface area (Å²) in [5.74, 6) is -1.03. The number of carbonyl (C=O) groups excluding carboxylic acids is 1. The zero-order chi connectivity index (χ0) is 21.1. The van der Waals surface area contributed by atoms with Gasteiger partial charge in [-0.2, -0.15) is 10.5 Å². The Labute approximate surface area is 176 Å². The maximum absolute atomic E-state index is 13.2. The molecule has 1 aromatic heterocycles. The van der Waals surface area contributed by atoms with Crippen molar-refractivity contribution in [3.05, 3.63) is 63.1 Å². The van der Waals surface area contributed by atoms with E-state index in [9.17, 15) is 15.2 Å². The Morgan fingerprint density at radius 3 is 2.48 bits per heavy atom. The molecule has 3 rings (SSSR count). The minimum Gasteiger partial charge on any atom is -0.506 e. The molecule has 0 fully saturated rings. The number of nitrogens with one attached hydrogen (secondary N) is 1. The molecule has 8 heteroatoms. The summed E-state index contributed by atoms with van der Waals surface area (Å²) in [7, 11) is 0. The highest BCUT2D eigenvalue weighted by molar-refractivity contribution is 7.73. The van der Waals surface area contributed by atoms with Crippen molar-refractivity contribution >= 4 is 51.1 Å². The highest BCUT2D eigenvalue weighted by atomic mass is 32.1. The lowest BCUT2D eigenvalue weighted by Crippen LogP contribution is -2.38. The molecule has 0 saturated carbocycles. The molecule has 6 nitrogen and oxygen atoms in total. The van der Waals surface area contributed by atoms with Crippen LogP contribution >= 0.6 is 23.6 Å². The van der Waals surface area contributed by atoms with E-state index in [2.05, 4.69) is 4.98 Å². The zero-order valence-corrected chi connectivity index (χ0v) is 17.3. The summed E-state index contributed by atoms with van der Waals surface area (Å²) in [6.45, 7) is 3.66. The molecule has 0 unspecified atom stereocenters. The van der Waals surface area contributed by atoms with Gasteiger partial charge in [0.2, 0.25) is 0 Å². The number of thiazole rings is 1. The number of fused-ring (bicyclic) bond motifs is 1. The molecule has 1 amide bonds. The van der Waals surface area contributed by atoms with Crippen LogP contribution in [-0.4, -0.2) is 22.0 Å². The molecule has 0 bridgehead atoms. The minimum absolute atomic E-state index is 0.260. The average molecular weight is 421 g/mol. The van der Waals surface area contributed by atoms with Crippen LogP contribution in [0.1, 0.15) is 25.0 Å². The van der Waals surface area contributed by atoms with Gasteiger partial charge in [-0.15, -0.1) is 11.3 Å². The first kappa shape index (κ1) is 20.3. The van der Waals surface area contributed by atoms with Gasteiger partial charge in [-0.05, 0) is 68.5 Å². The van der Waals surface area contributed by atoms with Crippen molar-refractivity contribution in [1.29, 1.82) is 10.5 Å². The van der Waals surface area contributed by atoms with E-state index in [0.717, 1.165) is 10.2 Å². The summed E-state index contributed by atoms with van der Waals surface area (Å²) in [6.07, 6.45) is 0. The third kappa shape index (κ3) is 4.04. The van der Waals surface area contributed by atoms with Crippen LogP contribution in [-0.2, 0) is 4.79 Å². The fraction of sp³-hybridized carbons (Fsp3) is 0.143. The molecule has 0 radical (unpaired) electrons. The van der Waals surface area contributed by atoms with Gasteiger partial charge >= 0.3 is 0 Å². The fourth-order valence-electron chi connectivity index (χ4n) is 2.90.